The summed E-state index contributed by atoms with van der Waals surface area (Å²) in [4.78, 5) is 22.4. The van der Waals surface area contributed by atoms with Crippen LogP contribution in [0.4, 0.5) is 0 Å². The molecule has 1 heterocycles. The third-order valence-electron chi connectivity index (χ3n) is 3.86. The number of carbonyl (C=O) groups is 2. The fourth-order valence-corrected chi connectivity index (χ4v) is 2.54. The molecule has 17 heavy (non-hydrogen) atoms. The molecule has 1 saturated heterocycles. The average Bonchev–Trinajstić information content (AvgIpc) is 2.17. The largest absolute Gasteiger partial charge is 0.645 e. The summed E-state index contributed by atoms with van der Waals surface area (Å²) >= 11 is 0. The van der Waals surface area contributed by atoms with Gasteiger partial charge < -0.3 is 20.3 Å². The van der Waals surface area contributed by atoms with E-state index in [-0.39, 0.29) is 83.7 Å². The molecule has 0 bridgehead atoms. The second kappa shape index (κ2) is 5.87. The van der Waals surface area contributed by atoms with Crippen LogP contribution >= 0.6 is 0 Å². The Morgan fingerprint density at radius 1 is 1.29 bits per heavy atom. The molecule has 0 aromatic rings. The van der Waals surface area contributed by atoms with Crippen LogP contribution in [-0.2, 0) is 63.4 Å². The third kappa shape index (κ3) is 2.46. The van der Waals surface area contributed by atoms with Crippen LogP contribution in [0.1, 0.15) is 20.3 Å². The first-order valence-corrected chi connectivity index (χ1v) is 5.06. The number of aliphatic hydroxyl groups excluding tert-OH is 2. The van der Waals surface area contributed by atoms with Crippen molar-refractivity contribution in [3.63, 3.8) is 0 Å². The van der Waals surface area contributed by atoms with E-state index in [4.69, 9.17) is 0 Å². The molecule has 2 N–H and O–H groups in total. The Morgan fingerprint density at radius 3 is 2.18 bits per heavy atom. The molecule has 5 nitrogen and oxygen atoms in total. The Morgan fingerprint density at radius 2 is 1.76 bits per heavy atom. The Kier molecular flexibility index (Phi) is 6.17. The number of hydrogen-bond acceptors (Lipinski definition) is 4. The first-order valence-electron chi connectivity index (χ1n) is 5.06. The predicted octanol–water partition coefficient (Wildman–Crippen LogP) is -0.399. The Hall–Kier alpha value is 0.852. The van der Waals surface area contributed by atoms with Crippen molar-refractivity contribution in [2.45, 2.75) is 38.0 Å². The van der Waals surface area contributed by atoms with E-state index in [1.54, 1.807) is 13.8 Å². The van der Waals surface area contributed by atoms with Gasteiger partial charge in [-0.1, -0.05) is 19.4 Å². The summed E-state index contributed by atoms with van der Waals surface area (Å²) < 4.78 is 0. The van der Waals surface area contributed by atoms with Crippen molar-refractivity contribution in [1.29, 1.82) is 0 Å². The number of Topliss-reactive ketones (excluding diaryl/α,β-unsaturated/α-hetero) is 1. The Labute approximate surface area is 139 Å². The van der Waals surface area contributed by atoms with Crippen LogP contribution in [0.3, 0.4) is 0 Å². The van der Waals surface area contributed by atoms with Crippen LogP contribution < -0.4 is 0 Å². The van der Waals surface area contributed by atoms with E-state index >= 15 is 0 Å². The molecule has 1 unspecified atom stereocenters. The summed E-state index contributed by atoms with van der Waals surface area (Å²) in [7, 11) is 0. The molecule has 7 heteroatoms. The second-order valence-corrected chi connectivity index (χ2v) is 4.54. The van der Waals surface area contributed by atoms with E-state index in [9.17, 15) is 19.8 Å². The first-order chi connectivity index (χ1) is 6.90. The molecule has 0 aromatic carbocycles. The zero-order valence-corrected chi connectivity index (χ0v) is 15.4. The van der Waals surface area contributed by atoms with Crippen LogP contribution in [0, 0.1) is 11.8 Å². The molecule has 0 aromatic heterocycles. The second-order valence-electron chi connectivity index (χ2n) is 4.54. The maximum atomic E-state index is 11.5. The number of hydrogen-bond donors (Lipinski definition) is 2. The number of carbonyl (C=O) groups excluding carboxylic acids is 2. The van der Waals surface area contributed by atoms with E-state index in [0.29, 0.717) is 0 Å². The van der Waals surface area contributed by atoms with E-state index in [1.807, 2.05) is 0 Å². The first kappa shape index (κ1) is 17.9. The van der Waals surface area contributed by atoms with Crippen molar-refractivity contribution in [2.75, 3.05) is 0 Å². The predicted molar refractivity (Wildman–Crippen MR) is 51.1 cm³/mol. The van der Waals surface area contributed by atoms with Gasteiger partial charge in [0.05, 0.1) is 12.0 Å². The number of amides is 1. The van der Waals surface area contributed by atoms with Crippen LogP contribution in [0.15, 0.2) is 0 Å². The maximum Gasteiger partial charge on any atom is 0.166 e. The van der Waals surface area contributed by atoms with E-state index in [2.05, 4.69) is 5.32 Å². The minimum absolute atomic E-state index is 0. The van der Waals surface area contributed by atoms with Gasteiger partial charge in [-0.05, 0) is 12.3 Å². The summed E-state index contributed by atoms with van der Waals surface area (Å²) in [6, 6.07) is 0. The number of β-lactam (4-membered cyclic amide) rings is 1. The zero-order chi connectivity index (χ0) is 11.4. The Balaban J connectivity index is 0.00000128. The fourth-order valence-electron chi connectivity index (χ4n) is 2.54. The average molecular weight is 485 g/mol. The molecule has 5 atom stereocenters. The van der Waals surface area contributed by atoms with Crippen molar-refractivity contribution >= 4 is 11.7 Å². The summed E-state index contributed by atoms with van der Waals surface area (Å²) in [6.07, 6.45) is -2.52. The van der Waals surface area contributed by atoms with Gasteiger partial charge in [-0.15, -0.1) is 0 Å². The molecule has 1 amide bonds. The van der Waals surface area contributed by atoms with Crippen molar-refractivity contribution in [2.24, 2.45) is 11.8 Å². The van der Waals surface area contributed by atoms with Crippen molar-refractivity contribution in [3.8, 4) is 0 Å². The SMILES string of the molecule is C[C@@H]1C(=O)[C@@H](O)[C@@H](O)C2(CC(=O)[N-]2)[C@@H]1C.[W].[Y]. The van der Waals surface area contributed by atoms with Gasteiger partial charge in [-0.2, -0.15) is 0 Å². The fraction of sp³-hybridized carbons (Fsp3) is 0.800. The molecule has 93 valence electrons. The van der Waals surface area contributed by atoms with Gasteiger partial charge >= 0.3 is 0 Å². The van der Waals surface area contributed by atoms with Gasteiger partial charge in [0, 0.05) is 59.7 Å². The molecule has 2 fully saturated rings. The van der Waals surface area contributed by atoms with Gasteiger partial charge in [-0.3, -0.25) is 4.79 Å². The molecule has 1 aliphatic carbocycles. The number of aliphatic hydroxyl groups is 2. The van der Waals surface area contributed by atoms with Crippen LogP contribution in [0.25, 0.3) is 5.32 Å². The van der Waals surface area contributed by atoms with Gasteiger partial charge in [-0.25, -0.2) is 0 Å². The topological polar surface area (TPSA) is 88.7 Å². The van der Waals surface area contributed by atoms with Crippen molar-refractivity contribution in [3.05, 3.63) is 5.32 Å². The van der Waals surface area contributed by atoms with Gasteiger partial charge in [0.25, 0.3) is 0 Å². The minimum Gasteiger partial charge on any atom is -0.645 e. The number of ketones is 1. The molecule has 2 aliphatic rings. The normalized spacial score (nSPS) is 44.2. The van der Waals surface area contributed by atoms with Gasteiger partial charge in [0.2, 0.25) is 0 Å². The molecular weight excluding hydrogens is 471 g/mol. The number of rotatable bonds is 0. The van der Waals surface area contributed by atoms with E-state index in [1.165, 1.54) is 0 Å². The summed E-state index contributed by atoms with van der Waals surface area (Å²) in [5.74, 6) is -1.22. The van der Waals surface area contributed by atoms with Gasteiger partial charge in [0.1, 0.15) is 6.10 Å². The monoisotopic (exact) mass is 485 g/mol. The summed E-state index contributed by atoms with van der Waals surface area (Å²) in [5, 5.41) is 23.2. The van der Waals surface area contributed by atoms with Crippen LogP contribution in [0.2, 0.25) is 0 Å². The molecule has 1 spiro atoms. The van der Waals surface area contributed by atoms with Crippen LogP contribution in [-0.4, -0.2) is 39.7 Å². The van der Waals surface area contributed by atoms with Crippen molar-refractivity contribution < 1.29 is 73.6 Å². The standard InChI is InChI=1S/C10H15NO4.W.Y/c1-4-5(2)10(3-6(12)11-10)9(15)8(14)7(4)13;;/h4-5,8-9,14-15H,3H2,1-2H3,(H,11,12);;/p-1/t4-,5+,8+,9+,10?;;/m0../s1. The molecule has 1 saturated carbocycles. The molecule has 2 rings (SSSR count). The smallest absolute Gasteiger partial charge is 0.166 e. The minimum atomic E-state index is -1.41. The quantitative estimate of drug-likeness (QED) is 0.458. The zero-order valence-electron chi connectivity index (χ0n) is 9.66. The van der Waals surface area contributed by atoms with Crippen molar-refractivity contribution in [1.82, 2.24) is 0 Å². The number of nitrogens with zero attached hydrogens (tertiary/aromatic N) is 1. The summed E-state index contributed by atoms with van der Waals surface area (Å²) in [6.45, 7) is 3.48. The Bertz CT molecular complexity index is 310. The molecular formula is C10H14NO4WY-. The van der Waals surface area contributed by atoms with E-state index < -0.39 is 17.7 Å². The van der Waals surface area contributed by atoms with Crippen LogP contribution in [0.5, 0.6) is 0 Å². The van der Waals surface area contributed by atoms with E-state index in [0.717, 1.165) is 0 Å². The third-order valence-corrected chi connectivity index (χ3v) is 3.86. The maximum absolute atomic E-state index is 11.5. The molecule has 1 aliphatic heterocycles. The molecule has 1 radical (unpaired) electrons. The summed E-state index contributed by atoms with van der Waals surface area (Å²) in [5.41, 5.74) is -0.927. The van der Waals surface area contributed by atoms with Gasteiger partial charge in [0.15, 0.2) is 5.78 Å².